The van der Waals surface area contributed by atoms with Gasteiger partial charge >= 0.3 is 6.03 Å². The molecule has 1 saturated carbocycles. The lowest BCUT2D eigenvalue weighted by molar-refractivity contribution is -0.149. The van der Waals surface area contributed by atoms with Crippen molar-refractivity contribution in [1.82, 2.24) is 15.5 Å². The van der Waals surface area contributed by atoms with Crippen molar-refractivity contribution in [3.8, 4) is 0 Å². The molecule has 0 bridgehead atoms. The van der Waals surface area contributed by atoms with Crippen LogP contribution in [0.15, 0.2) is 18.2 Å². The molecule has 1 saturated heterocycles. The third kappa shape index (κ3) is 2.40. The van der Waals surface area contributed by atoms with E-state index in [1.807, 2.05) is 6.92 Å². The van der Waals surface area contributed by atoms with Crippen LogP contribution in [0.2, 0.25) is 0 Å². The summed E-state index contributed by atoms with van der Waals surface area (Å²) in [7, 11) is 0. The number of nitrogens with one attached hydrogen (secondary N) is 2. The van der Waals surface area contributed by atoms with Crippen molar-refractivity contribution in [1.29, 1.82) is 0 Å². The Morgan fingerprint density at radius 1 is 0.929 bits per heavy atom. The number of aryl methyl sites for hydroxylation is 1. The average molecular weight is 383 g/mol. The molecule has 0 radical (unpaired) electrons. The summed E-state index contributed by atoms with van der Waals surface area (Å²) < 4.78 is 0. The fraction of sp³-hybridized carbons (Fsp3) is 0.450. The molecule has 0 atom stereocenters. The van der Waals surface area contributed by atoms with Crippen LogP contribution in [0.1, 0.15) is 65.3 Å². The van der Waals surface area contributed by atoms with Gasteiger partial charge in [0.2, 0.25) is 5.54 Å². The number of imide groups is 3. The number of urea groups is 1. The molecule has 8 heteroatoms. The molecular formula is C20H21N3O5. The fourth-order valence-electron chi connectivity index (χ4n) is 4.64. The van der Waals surface area contributed by atoms with E-state index >= 15 is 0 Å². The minimum atomic E-state index is -2.05. The van der Waals surface area contributed by atoms with E-state index < -0.39 is 41.1 Å². The molecule has 2 heterocycles. The summed E-state index contributed by atoms with van der Waals surface area (Å²) in [6, 6.07) is 4.01. The Kier molecular flexibility index (Phi) is 4.28. The first-order valence-corrected chi connectivity index (χ1v) is 9.60. The molecule has 0 aromatic heterocycles. The Labute approximate surface area is 161 Å². The van der Waals surface area contributed by atoms with E-state index in [0.717, 1.165) is 29.7 Å². The number of amides is 6. The van der Waals surface area contributed by atoms with Crippen LogP contribution in [0.25, 0.3) is 0 Å². The van der Waals surface area contributed by atoms with Gasteiger partial charge in [-0.15, -0.1) is 0 Å². The highest BCUT2D eigenvalue weighted by molar-refractivity contribution is 6.31. The summed E-state index contributed by atoms with van der Waals surface area (Å²) in [5.41, 5.74) is -0.804. The molecule has 146 valence electrons. The molecule has 2 aliphatic heterocycles. The number of rotatable bonds is 3. The number of nitrogens with zero attached hydrogens (tertiary/aromatic N) is 1. The van der Waals surface area contributed by atoms with Gasteiger partial charge in [0.15, 0.2) is 0 Å². The van der Waals surface area contributed by atoms with E-state index in [9.17, 15) is 24.0 Å². The largest absolute Gasteiger partial charge is 0.328 e. The summed E-state index contributed by atoms with van der Waals surface area (Å²) in [6.07, 6.45) is 4.23. The molecule has 28 heavy (non-hydrogen) atoms. The van der Waals surface area contributed by atoms with Crippen LogP contribution in [0.3, 0.4) is 0 Å². The van der Waals surface area contributed by atoms with Gasteiger partial charge in [-0.1, -0.05) is 32.3 Å². The van der Waals surface area contributed by atoms with E-state index in [2.05, 4.69) is 10.6 Å². The normalized spacial score (nSPS) is 22.2. The third-order valence-corrected chi connectivity index (χ3v) is 6.05. The van der Waals surface area contributed by atoms with Crippen molar-refractivity contribution in [2.45, 2.75) is 51.0 Å². The van der Waals surface area contributed by atoms with Gasteiger partial charge in [0.25, 0.3) is 23.6 Å². The lowest BCUT2D eigenvalue weighted by Gasteiger charge is -2.45. The maximum atomic E-state index is 13.3. The van der Waals surface area contributed by atoms with E-state index in [1.165, 1.54) is 0 Å². The number of carbonyl (C=O) groups excluding carboxylic acids is 5. The average Bonchev–Trinajstić information content (AvgIpc) is 2.93. The van der Waals surface area contributed by atoms with E-state index in [1.54, 1.807) is 18.2 Å². The lowest BCUT2D eigenvalue weighted by atomic mass is 9.71. The molecule has 3 aliphatic rings. The second kappa shape index (κ2) is 6.54. The summed E-state index contributed by atoms with van der Waals surface area (Å²) >= 11 is 0. The Hall–Kier alpha value is -3.03. The number of benzene rings is 1. The number of barbiturate groups is 1. The van der Waals surface area contributed by atoms with Crippen molar-refractivity contribution in [2.75, 3.05) is 0 Å². The first kappa shape index (κ1) is 18.3. The fourth-order valence-corrected chi connectivity index (χ4v) is 4.64. The number of hydrogen-bond donors (Lipinski definition) is 2. The van der Waals surface area contributed by atoms with Crippen molar-refractivity contribution in [3.63, 3.8) is 0 Å². The molecule has 4 rings (SSSR count). The van der Waals surface area contributed by atoms with Gasteiger partial charge in [0, 0.05) is 5.92 Å². The highest BCUT2D eigenvalue weighted by Gasteiger charge is 2.64. The summed E-state index contributed by atoms with van der Waals surface area (Å²) in [6.45, 7) is 1.93. The van der Waals surface area contributed by atoms with Gasteiger partial charge in [0.1, 0.15) is 0 Å². The zero-order chi connectivity index (χ0) is 20.1. The highest BCUT2D eigenvalue weighted by atomic mass is 16.2. The Bertz CT molecular complexity index is 896. The van der Waals surface area contributed by atoms with Gasteiger partial charge in [0.05, 0.1) is 11.1 Å². The van der Waals surface area contributed by atoms with Crippen LogP contribution >= 0.6 is 0 Å². The monoisotopic (exact) mass is 383 g/mol. The lowest BCUT2D eigenvalue weighted by Crippen LogP contribution is -2.77. The van der Waals surface area contributed by atoms with Crippen LogP contribution in [0, 0.1) is 5.92 Å². The summed E-state index contributed by atoms with van der Waals surface area (Å²) in [5.74, 6) is -3.69. The molecular weight excluding hydrogens is 362 g/mol. The van der Waals surface area contributed by atoms with E-state index in [0.29, 0.717) is 19.3 Å². The first-order valence-electron chi connectivity index (χ1n) is 9.60. The van der Waals surface area contributed by atoms with Crippen LogP contribution in [0.5, 0.6) is 0 Å². The molecule has 0 unspecified atom stereocenters. The Balaban J connectivity index is 1.87. The number of fused-ring (bicyclic) bond motifs is 1. The maximum Gasteiger partial charge on any atom is 0.328 e. The number of carbonyl (C=O) groups is 5. The maximum absolute atomic E-state index is 13.3. The Morgan fingerprint density at radius 3 is 2.14 bits per heavy atom. The topological polar surface area (TPSA) is 113 Å². The first-order chi connectivity index (χ1) is 13.4. The second-order valence-electron chi connectivity index (χ2n) is 7.52. The second-order valence-corrected chi connectivity index (χ2v) is 7.52. The number of hydrogen-bond acceptors (Lipinski definition) is 5. The predicted molar refractivity (Wildman–Crippen MR) is 97.3 cm³/mol. The molecule has 2 N–H and O–H groups in total. The molecule has 1 aromatic carbocycles. The van der Waals surface area contributed by atoms with Crippen molar-refractivity contribution >= 4 is 29.7 Å². The minimum absolute atomic E-state index is 0.176. The van der Waals surface area contributed by atoms with Crippen LogP contribution < -0.4 is 10.6 Å². The standard InChI is InChI=1S/C20H21N3O5/c1-2-11-8-9-13-14(10-11)16(25)23(15(13)24)20(12-6-4-3-5-7-12)17(26)21-19(28)22-18(20)27/h8-10,12H,2-7H2,1H3,(H2,21,22,26,27,28). The zero-order valence-corrected chi connectivity index (χ0v) is 15.5. The van der Waals surface area contributed by atoms with Gasteiger partial charge in [-0.3, -0.25) is 29.8 Å². The van der Waals surface area contributed by atoms with Gasteiger partial charge in [-0.2, -0.15) is 0 Å². The minimum Gasteiger partial charge on any atom is -0.275 e. The smallest absolute Gasteiger partial charge is 0.275 e. The van der Waals surface area contributed by atoms with Crippen molar-refractivity contribution < 1.29 is 24.0 Å². The van der Waals surface area contributed by atoms with Gasteiger partial charge in [-0.05, 0) is 37.0 Å². The molecule has 1 aromatic rings. The molecule has 2 fully saturated rings. The predicted octanol–water partition coefficient (Wildman–Crippen LogP) is 1.53. The van der Waals surface area contributed by atoms with E-state index in [-0.39, 0.29) is 11.1 Å². The third-order valence-electron chi connectivity index (χ3n) is 6.05. The summed E-state index contributed by atoms with van der Waals surface area (Å²) in [5, 5.41) is 4.22. The molecule has 0 spiro atoms. The van der Waals surface area contributed by atoms with Gasteiger partial charge in [-0.25, -0.2) is 9.69 Å². The van der Waals surface area contributed by atoms with Crippen molar-refractivity contribution in [2.24, 2.45) is 5.92 Å². The van der Waals surface area contributed by atoms with Crippen LogP contribution in [-0.2, 0) is 16.0 Å². The van der Waals surface area contributed by atoms with Crippen LogP contribution in [0.4, 0.5) is 4.79 Å². The van der Waals surface area contributed by atoms with E-state index in [4.69, 9.17) is 0 Å². The van der Waals surface area contributed by atoms with Gasteiger partial charge < -0.3 is 0 Å². The summed E-state index contributed by atoms with van der Waals surface area (Å²) in [4.78, 5) is 65.0. The van der Waals surface area contributed by atoms with Crippen LogP contribution in [-0.4, -0.2) is 40.1 Å². The van der Waals surface area contributed by atoms with Crippen molar-refractivity contribution in [3.05, 3.63) is 34.9 Å². The zero-order valence-electron chi connectivity index (χ0n) is 15.5. The Morgan fingerprint density at radius 2 is 1.54 bits per heavy atom. The SMILES string of the molecule is CCc1ccc2c(c1)C(=O)N(C1(C3CCCCC3)C(=O)NC(=O)NC1=O)C2=O. The highest BCUT2D eigenvalue weighted by Crippen LogP contribution is 2.42. The quantitative estimate of drug-likeness (QED) is 0.607. The molecule has 6 amide bonds. The molecule has 8 nitrogen and oxygen atoms in total. The molecule has 1 aliphatic carbocycles.